The minimum atomic E-state index is 0.332. The number of para-hydroxylation sites is 1. The zero-order valence-electron chi connectivity index (χ0n) is 11.0. The van der Waals surface area contributed by atoms with Crippen LogP contribution in [0.25, 0.3) is 5.69 Å². The topological polar surface area (TPSA) is 42.8 Å². The SMILES string of the molecule is S=c1[nH]nc(COc2cccc(Br)c2)n1-c1ccccc1. The Hall–Kier alpha value is -1.92. The number of H-pyrrole nitrogens is 1. The molecule has 4 nitrogen and oxygen atoms in total. The molecule has 3 aromatic rings. The fourth-order valence-electron chi connectivity index (χ4n) is 1.97. The summed E-state index contributed by atoms with van der Waals surface area (Å²) >= 11 is 8.71. The maximum absolute atomic E-state index is 5.77. The summed E-state index contributed by atoms with van der Waals surface area (Å²) < 4.78 is 9.16. The lowest BCUT2D eigenvalue weighted by Gasteiger charge is -2.08. The number of aromatic nitrogens is 3. The van der Waals surface area contributed by atoms with Crippen LogP contribution in [0.4, 0.5) is 0 Å². The van der Waals surface area contributed by atoms with Gasteiger partial charge in [0.2, 0.25) is 0 Å². The van der Waals surface area contributed by atoms with Crippen LogP contribution in [0, 0.1) is 4.77 Å². The van der Waals surface area contributed by atoms with E-state index < -0.39 is 0 Å². The van der Waals surface area contributed by atoms with Gasteiger partial charge in [0.05, 0.1) is 0 Å². The lowest BCUT2D eigenvalue weighted by molar-refractivity contribution is 0.293. The van der Waals surface area contributed by atoms with E-state index in [0.717, 1.165) is 21.7 Å². The van der Waals surface area contributed by atoms with E-state index >= 15 is 0 Å². The van der Waals surface area contributed by atoms with Gasteiger partial charge < -0.3 is 4.74 Å². The monoisotopic (exact) mass is 361 g/mol. The Kier molecular flexibility index (Phi) is 4.17. The maximum Gasteiger partial charge on any atom is 0.199 e. The Morgan fingerprint density at radius 1 is 1.14 bits per heavy atom. The molecular weight excluding hydrogens is 350 g/mol. The molecule has 0 bridgehead atoms. The van der Waals surface area contributed by atoms with Crippen molar-refractivity contribution >= 4 is 28.1 Å². The predicted molar refractivity (Wildman–Crippen MR) is 87.2 cm³/mol. The first-order valence-corrected chi connectivity index (χ1v) is 7.54. The third-order valence-corrected chi connectivity index (χ3v) is 3.69. The lowest BCUT2D eigenvalue weighted by Crippen LogP contribution is -2.05. The van der Waals surface area contributed by atoms with Gasteiger partial charge in [0.25, 0.3) is 0 Å². The minimum absolute atomic E-state index is 0.332. The fraction of sp³-hybridized carbons (Fsp3) is 0.0667. The summed E-state index contributed by atoms with van der Waals surface area (Å²) in [5.74, 6) is 1.50. The van der Waals surface area contributed by atoms with Crippen LogP contribution in [-0.4, -0.2) is 14.8 Å². The molecule has 0 amide bonds. The number of rotatable bonds is 4. The van der Waals surface area contributed by atoms with Gasteiger partial charge in [0, 0.05) is 10.2 Å². The van der Waals surface area contributed by atoms with Crippen molar-refractivity contribution in [1.29, 1.82) is 0 Å². The molecule has 6 heteroatoms. The van der Waals surface area contributed by atoms with E-state index in [1.807, 2.05) is 59.2 Å². The highest BCUT2D eigenvalue weighted by atomic mass is 79.9. The van der Waals surface area contributed by atoms with E-state index in [1.165, 1.54) is 0 Å². The van der Waals surface area contributed by atoms with Crippen LogP contribution in [0.1, 0.15) is 5.82 Å². The number of hydrogen-bond donors (Lipinski definition) is 1. The van der Waals surface area contributed by atoms with Gasteiger partial charge in [-0.1, -0.05) is 40.2 Å². The van der Waals surface area contributed by atoms with Crippen molar-refractivity contribution in [1.82, 2.24) is 14.8 Å². The summed E-state index contributed by atoms with van der Waals surface area (Å²) in [6, 6.07) is 17.5. The molecule has 0 radical (unpaired) electrons. The number of nitrogens with one attached hydrogen (secondary N) is 1. The molecule has 106 valence electrons. The Balaban J connectivity index is 1.86. The molecule has 0 fully saturated rings. The number of nitrogens with zero attached hydrogens (tertiary/aromatic N) is 2. The molecular formula is C15H12BrN3OS. The highest BCUT2D eigenvalue weighted by Gasteiger charge is 2.08. The smallest absolute Gasteiger partial charge is 0.199 e. The Morgan fingerprint density at radius 2 is 1.95 bits per heavy atom. The predicted octanol–water partition coefficient (Wildman–Crippen LogP) is 4.27. The molecule has 1 N–H and O–H groups in total. The molecule has 0 spiro atoms. The zero-order chi connectivity index (χ0) is 14.7. The Morgan fingerprint density at radius 3 is 2.71 bits per heavy atom. The number of hydrogen-bond acceptors (Lipinski definition) is 3. The first-order valence-electron chi connectivity index (χ1n) is 6.34. The second-order valence-corrected chi connectivity index (χ2v) is 5.66. The highest BCUT2D eigenvalue weighted by molar-refractivity contribution is 9.10. The van der Waals surface area contributed by atoms with Crippen LogP contribution >= 0.6 is 28.1 Å². The second kappa shape index (κ2) is 6.24. The second-order valence-electron chi connectivity index (χ2n) is 4.36. The molecule has 1 heterocycles. The number of aromatic amines is 1. The van der Waals surface area contributed by atoms with Crippen LogP contribution in [0.15, 0.2) is 59.1 Å². The van der Waals surface area contributed by atoms with Crippen molar-refractivity contribution in [2.24, 2.45) is 0 Å². The molecule has 0 unspecified atom stereocenters. The van der Waals surface area contributed by atoms with E-state index in [1.54, 1.807) is 0 Å². The molecule has 0 saturated carbocycles. The van der Waals surface area contributed by atoms with Crippen molar-refractivity contribution in [3.05, 3.63) is 69.7 Å². The van der Waals surface area contributed by atoms with Gasteiger partial charge in [-0.2, -0.15) is 5.10 Å². The molecule has 0 aliphatic carbocycles. The summed E-state index contributed by atoms with van der Waals surface area (Å²) in [5.41, 5.74) is 0.962. The number of ether oxygens (including phenoxy) is 1. The van der Waals surface area contributed by atoms with Gasteiger partial charge in [-0.25, -0.2) is 0 Å². The summed E-state index contributed by atoms with van der Waals surface area (Å²) in [6.07, 6.45) is 0. The quantitative estimate of drug-likeness (QED) is 0.705. The van der Waals surface area contributed by atoms with Crippen molar-refractivity contribution in [3.8, 4) is 11.4 Å². The van der Waals surface area contributed by atoms with Crippen LogP contribution in [0.3, 0.4) is 0 Å². The van der Waals surface area contributed by atoms with Gasteiger partial charge >= 0.3 is 0 Å². The van der Waals surface area contributed by atoms with Crippen molar-refractivity contribution < 1.29 is 4.74 Å². The van der Waals surface area contributed by atoms with Gasteiger partial charge in [0.15, 0.2) is 10.6 Å². The molecule has 21 heavy (non-hydrogen) atoms. The van der Waals surface area contributed by atoms with Gasteiger partial charge in [0.1, 0.15) is 12.4 Å². The van der Waals surface area contributed by atoms with Crippen LogP contribution in [0.2, 0.25) is 0 Å². The first-order chi connectivity index (χ1) is 10.2. The van der Waals surface area contributed by atoms with Gasteiger partial charge in [-0.05, 0) is 42.5 Å². The summed E-state index contributed by atoms with van der Waals surface area (Å²) in [4.78, 5) is 0. The van der Waals surface area contributed by atoms with Gasteiger partial charge in [-0.15, -0.1) is 0 Å². The molecule has 1 aromatic heterocycles. The normalized spacial score (nSPS) is 10.5. The number of halogens is 1. The third-order valence-electron chi connectivity index (χ3n) is 2.92. The molecule has 3 rings (SSSR count). The standard InChI is InChI=1S/C15H12BrN3OS/c16-11-5-4-8-13(9-11)20-10-14-17-18-15(21)19(14)12-6-2-1-3-7-12/h1-9H,10H2,(H,18,21). The first kappa shape index (κ1) is 14.0. The fourth-order valence-corrected chi connectivity index (χ4v) is 2.61. The minimum Gasteiger partial charge on any atom is -0.486 e. The maximum atomic E-state index is 5.77. The molecule has 0 aliphatic heterocycles. The molecule has 2 aromatic carbocycles. The third kappa shape index (κ3) is 3.22. The van der Waals surface area contributed by atoms with Crippen molar-refractivity contribution in [2.75, 3.05) is 0 Å². The molecule has 0 saturated heterocycles. The van der Waals surface area contributed by atoms with Gasteiger partial charge in [-0.3, -0.25) is 9.67 Å². The zero-order valence-corrected chi connectivity index (χ0v) is 13.4. The van der Waals surface area contributed by atoms with Crippen LogP contribution in [0.5, 0.6) is 5.75 Å². The van der Waals surface area contributed by atoms with Crippen molar-refractivity contribution in [2.45, 2.75) is 6.61 Å². The summed E-state index contributed by atoms with van der Waals surface area (Å²) in [7, 11) is 0. The van der Waals surface area contributed by atoms with E-state index in [9.17, 15) is 0 Å². The number of benzene rings is 2. The van der Waals surface area contributed by atoms with E-state index in [-0.39, 0.29) is 0 Å². The summed E-state index contributed by atoms with van der Waals surface area (Å²) in [5, 5.41) is 7.05. The van der Waals surface area contributed by atoms with Crippen LogP contribution in [-0.2, 0) is 6.61 Å². The van der Waals surface area contributed by atoms with E-state index in [0.29, 0.717) is 11.4 Å². The lowest BCUT2D eigenvalue weighted by atomic mass is 10.3. The average molecular weight is 362 g/mol. The largest absolute Gasteiger partial charge is 0.486 e. The van der Waals surface area contributed by atoms with Crippen molar-refractivity contribution in [3.63, 3.8) is 0 Å². The van der Waals surface area contributed by atoms with E-state index in [2.05, 4.69) is 26.1 Å². The Labute approximate surface area is 135 Å². The Bertz CT molecular complexity index is 798. The molecule has 0 aliphatic rings. The summed E-state index contributed by atoms with van der Waals surface area (Å²) in [6.45, 7) is 0.332. The average Bonchev–Trinajstić information content (AvgIpc) is 2.87. The molecule has 0 atom stereocenters. The highest BCUT2D eigenvalue weighted by Crippen LogP contribution is 2.19. The van der Waals surface area contributed by atoms with Crippen LogP contribution < -0.4 is 4.74 Å². The van der Waals surface area contributed by atoms with E-state index in [4.69, 9.17) is 17.0 Å².